The van der Waals surface area contributed by atoms with Gasteiger partial charge in [0.1, 0.15) is 5.82 Å². The molecule has 0 fully saturated rings. The van der Waals surface area contributed by atoms with Gasteiger partial charge in [-0.05, 0) is 49.9 Å². The highest BCUT2D eigenvalue weighted by Crippen LogP contribution is 2.40. The van der Waals surface area contributed by atoms with Crippen LogP contribution in [0.25, 0.3) is 0 Å². The van der Waals surface area contributed by atoms with Gasteiger partial charge in [0.2, 0.25) is 0 Å². The molecule has 1 unspecified atom stereocenters. The Morgan fingerprint density at radius 2 is 1.86 bits per heavy atom. The Hall–Kier alpha value is -1.48. The molecule has 0 saturated carbocycles. The summed E-state index contributed by atoms with van der Waals surface area (Å²) in [4.78, 5) is 0.809. The molecule has 0 aromatic heterocycles. The number of benzene rings is 2. The zero-order valence-corrected chi connectivity index (χ0v) is 13.5. The van der Waals surface area contributed by atoms with Crippen LogP contribution in [0.2, 0.25) is 0 Å². The maximum atomic E-state index is 13.9. The molecule has 0 spiro atoms. The molecule has 110 valence electrons. The number of halogens is 1. The van der Waals surface area contributed by atoms with E-state index in [1.165, 1.54) is 22.4 Å². The first kappa shape index (κ1) is 14.5. The highest BCUT2D eigenvalue weighted by Gasteiger charge is 2.23. The third-order valence-corrected chi connectivity index (χ3v) is 5.18. The van der Waals surface area contributed by atoms with Crippen LogP contribution in [0, 0.1) is 26.6 Å². The quantitative estimate of drug-likeness (QED) is 0.797. The fraction of sp³-hybridized carbons (Fsp3) is 0.333. The van der Waals surface area contributed by atoms with E-state index >= 15 is 0 Å². The smallest absolute Gasteiger partial charge is 0.137 e. The molecule has 1 heterocycles. The van der Waals surface area contributed by atoms with Gasteiger partial charge in [0.05, 0.1) is 6.04 Å². The van der Waals surface area contributed by atoms with Crippen LogP contribution >= 0.6 is 11.8 Å². The molecule has 2 aromatic carbocycles. The van der Waals surface area contributed by atoms with Crippen molar-refractivity contribution in [1.29, 1.82) is 0 Å². The Balaban J connectivity index is 1.96. The van der Waals surface area contributed by atoms with Crippen LogP contribution < -0.4 is 5.32 Å². The third kappa shape index (κ3) is 2.80. The highest BCUT2D eigenvalue weighted by atomic mass is 32.2. The van der Waals surface area contributed by atoms with Gasteiger partial charge < -0.3 is 5.32 Å². The Kier molecular flexibility index (Phi) is 3.94. The van der Waals surface area contributed by atoms with Gasteiger partial charge in [-0.25, -0.2) is 4.39 Å². The number of thioether (sulfide) groups is 1. The summed E-state index contributed by atoms with van der Waals surface area (Å²) >= 11 is 1.63. The molecule has 21 heavy (non-hydrogen) atoms. The Bertz CT molecular complexity index is 658. The topological polar surface area (TPSA) is 12.0 Å². The second kappa shape index (κ2) is 5.72. The van der Waals surface area contributed by atoms with E-state index in [1.54, 1.807) is 17.8 Å². The summed E-state index contributed by atoms with van der Waals surface area (Å²) in [6.07, 6.45) is 1.02. The summed E-state index contributed by atoms with van der Waals surface area (Å²) in [5.41, 5.74) is 6.06. The molecule has 0 aliphatic carbocycles. The molecule has 2 aromatic rings. The largest absolute Gasteiger partial charge is 0.378 e. The summed E-state index contributed by atoms with van der Waals surface area (Å²) < 4.78 is 13.9. The molecule has 1 aliphatic heterocycles. The van der Waals surface area contributed by atoms with E-state index in [0.717, 1.165) is 22.6 Å². The van der Waals surface area contributed by atoms with E-state index in [-0.39, 0.29) is 11.9 Å². The summed E-state index contributed by atoms with van der Waals surface area (Å²) in [6, 6.07) is 9.98. The third-order valence-electron chi connectivity index (χ3n) is 4.02. The molecule has 1 aliphatic rings. The van der Waals surface area contributed by atoms with Crippen molar-refractivity contribution in [1.82, 2.24) is 0 Å². The normalized spacial score (nSPS) is 17.4. The average molecular weight is 301 g/mol. The van der Waals surface area contributed by atoms with Crippen molar-refractivity contribution in [3.8, 4) is 0 Å². The lowest BCUT2D eigenvalue weighted by atomic mass is 10.00. The van der Waals surface area contributed by atoms with Gasteiger partial charge in [-0.15, -0.1) is 11.8 Å². The first-order valence-electron chi connectivity index (χ1n) is 7.32. The zero-order chi connectivity index (χ0) is 15.0. The first-order valence-corrected chi connectivity index (χ1v) is 8.30. The number of nitrogens with one attached hydrogen (secondary N) is 1. The lowest BCUT2D eigenvalue weighted by Crippen LogP contribution is -2.18. The number of hydrogen-bond donors (Lipinski definition) is 1. The Morgan fingerprint density at radius 3 is 2.57 bits per heavy atom. The molecule has 0 saturated heterocycles. The van der Waals surface area contributed by atoms with Crippen molar-refractivity contribution >= 4 is 17.4 Å². The van der Waals surface area contributed by atoms with E-state index in [9.17, 15) is 4.39 Å². The molecule has 1 atom stereocenters. The van der Waals surface area contributed by atoms with Gasteiger partial charge in [-0.1, -0.05) is 29.8 Å². The fourth-order valence-corrected chi connectivity index (χ4v) is 4.26. The van der Waals surface area contributed by atoms with E-state index in [1.807, 2.05) is 12.1 Å². The molecule has 1 nitrogen and oxygen atoms in total. The van der Waals surface area contributed by atoms with Gasteiger partial charge in [-0.2, -0.15) is 0 Å². The highest BCUT2D eigenvalue weighted by molar-refractivity contribution is 7.99. The van der Waals surface area contributed by atoms with Gasteiger partial charge in [0.25, 0.3) is 0 Å². The monoisotopic (exact) mass is 301 g/mol. The minimum Gasteiger partial charge on any atom is -0.378 e. The first-order chi connectivity index (χ1) is 10.1. The Labute approximate surface area is 130 Å². The summed E-state index contributed by atoms with van der Waals surface area (Å²) in [7, 11) is 0. The predicted molar refractivity (Wildman–Crippen MR) is 88.8 cm³/mol. The van der Waals surface area contributed by atoms with Crippen LogP contribution in [0.5, 0.6) is 0 Å². The van der Waals surface area contributed by atoms with Crippen LogP contribution in [0.15, 0.2) is 35.2 Å². The maximum absolute atomic E-state index is 13.9. The minimum atomic E-state index is -0.0960. The van der Waals surface area contributed by atoms with E-state index in [0.29, 0.717) is 0 Å². The molecule has 3 heteroatoms. The van der Waals surface area contributed by atoms with Crippen molar-refractivity contribution in [3.63, 3.8) is 0 Å². The summed E-state index contributed by atoms with van der Waals surface area (Å²) in [6.45, 7) is 6.38. The average Bonchev–Trinajstić information content (AvgIpc) is 2.43. The van der Waals surface area contributed by atoms with E-state index < -0.39 is 0 Å². The Morgan fingerprint density at radius 1 is 1.14 bits per heavy atom. The number of fused-ring (bicyclic) bond motifs is 1. The maximum Gasteiger partial charge on any atom is 0.137 e. The standard InChI is InChI=1S/C18H20FNS/c1-11-9-12(2)17(13(3)10-11)20-16-7-8-21-18-14(16)5-4-6-15(18)19/h4-6,9-10,16,20H,7-8H2,1-3H3. The SMILES string of the molecule is Cc1cc(C)c(NC2CCSc3c(F)cccc32)c(C)c1. The molecular weight excluding hydrogens is 281 g/mol. The number of aryl methyl sites for hydroxylation is 3. The fourth-order valence-electron chi connectivity index (χ4n) is 3.12. The lowest BCUT2D eigenvalue weighted by molar-refractivity contribution is 0.585. The van der Waals surface area contributed by atoms with Gasteiger partial charge in [0, 0.05) is 16.3 Å². The predicted octanol–water partition coefficient (Wildman–Crippen LogP) is 5.40. The number of rotatable bonds is 2. The number of hydrogen-bond acceptors (Lipinski definition) is 2. The van der Waals surface area contributed by atoms with Crippen molar-refractivity contribution < 1.29 is 4.39 Å². The second-order valence-electron chi connectivity index (χ2n) is 5.77. The molecule has 0 bridgehead atoms. The molecular formula is C18H20FNS. The molecule has 3 rings (SSSR count). The van der Waals surface area contributed by atoms with Gasteiger partial charge in [-0.3, -0.25) is 0 Å². The van der Waals surface area contributed by atoms with E-state index in [2.05, 4.69) is 38.2 Å². The summed E-state index contributed by atoms with van der Waals surface area (Å²) in [5, 5.41) is 3.65. The van der Waals surface area contributed by atoms with Crippen molar-refractivity contribution in [2.75, 3.05) is 11.1 Å². The van der Waals surface area contributed by atoms with Crippen LogP contribution in [-0.2, 0) is 0 Å². The van der Waals surface area contributed by atoms with E-state index in [4.69, 9.17) is 0 Å². The molecule has 0 amide bonds. The van der Waals surface area contributed by atoms with Crippen molar-refractivity contribution in [2.45, 2.75) is 38.1 Å². The van der Waals surface area contributed by atoms with Crippen molar-refractivity contribution in [3.05, 3.63) is 58.4 Å². The number of anilines is 1. The van der Waals surface area contributed by atoms with Crippen LogP contribution in [0.3, 0.4) is 0 Å². The second-order valence-corrected chi connectivity index (χ2v) is 6.87. The van der Waals surface area contributed by atoms with Gasteiger partial charge >= 0.3 is 0 Å². The zero-order valence-electron chi connectivity index (χ0n) is 12.7. The van der Waals surface area contributed by atoms with Gasteiger partial charge in [0.15, 0.2) is 0 Å². The molecule has 0 radical (unpaired) electrons. The molecule has 1 N–H and O–H groups in total. The summed E-state index contributed by atoms with van der Waals surface area (Å²) in [5.74, 6) is 0.858. The van der Waals surface area contributed by atoms with Crippen LogP contribution in [-0.4, -0.2) is 5.75 Å². The van der Waals surface area contributed by atoms with Crippen LogP contribution in [0.4, 0.5) is 10.1 Å². The van der Waals surface area contributed by atoms with Crippen molar-refractivity contribution in [2.24, 2.45) is 0 Å². The van der Waals surface area contributed by atoms with Crippen LogP contribution in [0.1, 0.15) is 34.7 Å². The lowest BCUT2D eigenvalue weighted by Gasteiger charge is -2.28. The minimum absolute atomic E-state index is 0.0960.